The number of halogens is 3. The summed E-state index contributed by atoms with van der Waals surface area (Å²) >= 11 is 0. The lowest BCUT2D eigenvalue weighted by atomic mass is 10.1. The third-order valence-electron chi connectivity index (χ3n) is 6.29. The van der Waals surface area contributed by atoms with E-state index in [1.54, 1.807) is 37.6 Å². The van der Waals surface area contributed by atoms with Crippen LogP contribution in [-0.4, -0.2) is 74.0 Å². The van der Waals surface area contributed by atoms with Gasteiger partial charge < -0.3 is 15.1 Å². The maximum absolute atomic E-state index is 13.7. The Morgan fingerprint density at radius 1 is 1.00 bits per heavy atom. The van der Waals surface area contributed by atoms with Gasteiger partial charge in [0.1, 0.15) is 12.0 Å². The van der Waals surface area contributed by atoms with Crippen molar-refractivity contribution in [2.24, 2.45) is 0 Å². The molecule has 0 saturated carbocycles. The summed E-state index contributed by atoms with van der Waals surface area (Å²) in [5.74, 6) is -0.598. The molecule has 0 atom stereocenters. The predicted octanol–water partition coefficient (Wildman–Crippen LogP) is 3.45. The van der Waals surface area contributed by atoms with Crippen LogP contribution < -0.4 is 10.2 Å². The number of hydrogen-bond acceptors (Lipinski definition) is 8. The highest BCUT2D eigenvalue weighted by molar-refractivity contribution is 6.04. The Balaban J connectivity index is 1.41. The van der Waals surface area contributed by atoms with Gasteiger partial charge in [0.25, 0.3) is 5.91 Å². The van der Waals surface area contributed by atoms with Gasteiger partial charge in [0.2, 0.25) is 0 Å². The average molecular weight is 524 g/mol. The molecular formula is C25H24F3N9O. The zero-order chi connectivity index (χ0) is 26.9. The first-order valence-corrected chi connectivity index (χ1v) is 11.8. The molecule has 1 fully saturated rings. The van der Waals surface area contributed by atoms with Gasteiger partial charge in [-0.05, 0) is 38.2 Å². The molecular weight excluding hydrogens is 499 g/mol. The van der Waals surface area contributed by atoms with Gasteiger partial charge >= 0.3 is 6.18 Å². The number of pyridine rings is 1. The van der Waals surface area contributed by atoms with Crippen molar-refractivity contribution in [3.8, 4) is 16.9 Å². The number of aryl methyl sites for hydroxylation is 1. The Bertz CT molecular complexity index is 1450. The topological polar surface area (TPSA) is 105 Å². The number of amides is 1. The Hall–Kier alpha value is -4.39. The summed E-state index contributed by atoms with van der Waals surface area (Å²) in [6.07, 6.45) is 3.06. The van der Waals surface area contributed by atoms with E-state index in [1.807, 2.05) is 11.9 Å². The van der Waals surface area contributed by atoms with Crippen molar-refractivity contribution in [3.63, 3.8) is 0 Å². The van der Waals surface area contributed by atoms with E-state index >= 15 is 0 Å². The van der Waals surface area contributed by atoms with Crippen molar-refractivity contribution in [2.45, 2.75) is 13.1 Å². The average Bonchev–Trinajstić information content (AvgIpc) is 3.39. The number of hydrogen-bond donors (Lipinski definition) is 1. The third-order valence-corrected chi connectivity index (χ3v) is 6.29. The molecule has 0 aliphatic carbocycles. The monoisotopic (exact) mass is 523 g/mol. The summed E-state index contributed by atoms with van der Waals surface area (Å²) < 4.78 is 42.5. The molecule has 4 heterocycles. The molecule has 1 amide bonds. The normalized spacial score (nSPS) is 14.5. The van der Waals surface area contributed by atoms with Crippen LogP contribution in [0.4, 0.5) is 24.5 Å². The van der Waals surface area contributed by atoms with Gasteiger partial charge in [-0.2, -0.15) is 13.2 Å². The Labute approximate surface area is 216 Å². The Morgan fingerprint density at radius 3 is 2.45 bits per heavy atom. The summed E-state index contributed by atoms with van der Waals surface area (Å²) in [5.41, 5.74) is 2.06. The van der Waals surface area contributed by atoms with Gasteiger partial charge in [0, 0.05) is 61.7 Å². The number of nitrogens with zero attached hydrogens (tertiary/aromatic N) is 8. The summed E-state index contributed by atoms with van der Waals surface area (Å²) in [6.45, 7) is 4.39. The van der Waals surface area contributed by atoms with Gasteiger partial charge in [0.15, 0.2) is 0 Å². The molecule has 4 aromatic rings. The van der Waals surface area contributed by atoms with Crippen molar-refractivity contribution in [1.82, 2.24) is 34.8 Å². The standard InChI is InChI=1S/C25H24F3N9O/c1-16-23(37-14-22(33-34-37)18-11-29-15-30-12-18)7-17(13-31-16)24(38)32-20-8-19(25(26,27)28)9-21(10-20)36-5-3-35(2)4-6-36/h7-15H,3-6H2,1-2H3,(H,32,38). The number of nitrogens with one attached hydrogen (secondary N) is 1. The van der Waals surface area contributed by atoms with Gasteiger partial charge in [-0.1, -0.05) is 5.21 Å². The number of alkyl halides is 3. The summed E-state index contributed by atoms with van der Waals surface area (Å²) in [6, 6.07) is 5.18. The Kier molecular flexibility index (Phi) is 6.76. The van der Waals surface area contributed by atoms with E-state index in [2.05, 4.69) is 35.5 Å². The van der Waals surface area contributed by atoms with E-state index in [-0.39, 0.29) is 11.3 Å². The van der Waals surface area contributed by atoms with Crippen LogP contribution in [0.5, 0.6) is 0 Å². The number of anilines is 2. The minimum absolute atomic E-state index is 0.0491. The van der Waals surface area contributed by atoms with Crippen molar-refractivity contribution in [3.05, 3.63) is 72.2 Å². The second-order valence-electron chi connectivity index (χ2n) is 9.01. The second kappa shape index (κ2) is 10.2. The van der Waals surface area contributed by atoms with Crippen LogP contribution in [0.2, 0.25) is 0 Å². The molecule has 1 N–H and O–H groups in total. The fourth-order valence-electron chi connectivity index (χ4n) is 4.12. The van der Waals surface area contributed by atoms with Crippen LogP contribution >= 0.6 is 0 Å². The maximum Gasteiger partial charge on any atom is 0.416 e. The van der Waals surface area contributed by atoms with Gasteiger partial charge in [-0.25, -0.2) is 14.6 Å². The quantitative estimate of drug-likeness (QED) is 0.424. The van der Waals surface area contributed by atoms with Gasteiger partial charge in [-0.15, -0.1) is 5.10 Å². The first-order chi connectivity index (χ1) is 18.2. The van der Waals surface area contributed by atoms with Crippen molar-refractivity contribution < 1.29 is 18.0 Å². The van der Waals surface area contributed by atoms with Crippen LogP contribution in [0, 0.1) is 6.92 Å². The molecule has 5 rings (SSSR count). The summed E-state index contributed by atoms with van der Waals surface area (Å²) in [7, 11) is 1.97. The molecule has 38 heavy (non-hydrogen) atoms. The minimum Gasteiger partial charge on any atom is -0.369 e. The highest BCUT2D eigenvalue weighted by Gasteiger charge is 2.32. The number of rotatable bonds is 5. The summed E-state index contributed by atoms with van der Waals surface area (Å²) in [4.78, 5) is 29.3. The lowest BCUT2D eigenvalue weighted by Gasteiger charge is -2.34. The van der Waals surface area contributed by atoms with E-state index in [4.69, 9.17) is 0 Å². The first-order valence-electron chi connectivity index (χ1n) is 11.8. The van der Waals surface area contributed by atoms with Crippen LogP contribution in [0.25, 0.3) is 16.9 Å². The second-order valence-corrected chi connectivity index (χ2v) is 9.01. The fourth-order valence-corrected chi connectivity index (χ4v) is 4.12. The van der Waals surface area contributed by atoms with Crippen LogP contribution in [-0.2, 0) is 6.18 Å². The predicted molar refractivity (Wildman–Crippen MR) is 134 cm³/mol. The summed E-state index contributed by atoms with van der Waals surface area (Å²) in [5, 5.41) is 10.9. The van der Waals surface area contributed by atoms with Crippen molar-refractivity contribution in [2.75, 3.05) is 43.4 Å². The molecule has 3 aromatic heterocycles. The van der Waals surface area contributed by atoms with Gasteiger partial charge in [0.05, 0.1) is 28.7 Å². The first kappa shape index (κ1) is 25.3. The number of benzene rings is 1. The van der Waals surface area contributed by atoms with Crippen LogP contribution in [0.1, 0.15) is 21.6 Å². The molecule has 13 heteroatoms. The Morgan fingerprint density at radius 2 is 1.74 bits per heavy atom. The maximum atomic E-state index is 13.7. The largest absolute Gasteiger partial charge is 0.416 e. The lowest BCUT2D eigenvalue weighted by molar-refractivity contribution is -0.137. The highest BCUT2D eigenvalue weighted by atomic mass is 19.4. The molecule has 10 nitrogen and oxygen atoms in total. The lowest BCUT2D eigenvalue weighted by Crippen LogP contribution is -2.44. The molecule has 1 aromatic carbocycles. The zero-order valence-corrected chi connectivity index (χ0v) is 20.6. The molecule has 196 valence electrons. The molecule has 1 aliphatic heterocycles. The van der Waals surface area contributed by atoms with E-state index in [9.17, 15) is 18.0 Å². The zero-order valence-electron chi connectivity index (χ0n) is 20.6. The molecule has 0 radical (unpaired) electrons. The number of likely N-dealkylation sites (N-methyl/N-ethyl adjacent to an activating group) is 1. The SMILES string of the molecule is Cc1ncc(C(=O)Nc2cc(N3CCN(C)CC3)cc(C(F)(F)F)c2)cc1-n1cc(-c2cncnc2)nn1. The number of carbonyl (C=O) groups is 1. The van der Waals surface area contributed by atoms with E-state index in [0.717, 1.165) is 25.2 Å². The molecule has 1 aliphatic rings. The third kappa shape index (κ3) is 5.47. The van der Waals surface area contributed by atoms with Crippen molar-refractivity contribution >= 4 is 17.3 Å². The highest BCUT2D eigenvalue weighted by Crippen LogP contribution is 2.35. The van der Waals surface area contributed by atoms with Crippen LogP contribution in [0.3, 0.4) is 0 Å². The smallest absolute Gasteiger partial charge is 0.369 e. The molecule has 0 bridgehead atoms. The molecule has 1 saturated heterocycles. The van der Waals surface area contributed by atoms with Crippen molar-refractivity contribution in [1.29, 1.82) is 0 Å². The van der Waals surface area contributed by atoms with E-state index in [1.165, 1.54) is 17.2 Å². The van der Waals surface area contributed by atoms with E-state index in [0.29, 0.717) is 41.4 Å². The number of aromatic nitrogens is 6. The molecule has 0 unspecified atom stereocenters. The molecule has 0 spiro atoms. The van der Waals surface area contributed by atoms with E-state index < -0.39 is 17.6 Å². The number of piperazine rings is 1. The number of carbonyl (C=O) groups excluding carboxylic acids is 1. The fraction of sp³-hybridized carbons (Fsp3) is 0.280. The van der Waals surface area contributed by atoms with Gasteiger partial charge in [-0.3, -0.25) is 9.78 Å². The minimum atomic E-state index is -4.56. The van der Waals surface area contributed by atoms with Crippen LogP contribution in [0.15, 0.2) is 55.4 Å².